The number of carbonyl (C=O) groups excluding carboxylic acids is 1. The molecule has 1 aromatic rings. The molecule has 3 N–H and O–H groups in total. The maximum atomic E-state index is 11.9. The third kappa shape index (κ3) is 5.81. The maximum Gasteiger partial charge on any atom is 0.315 e. The fourth-order valence-corrected chi connectivity index (χ4v) is 2.13. The summed E-state index contributed by atoms with van der Waals surface area (Å²) in [7, 11) is 1.56. The lowest BCUT2D eigenvalue weighted by Crippen LogP contribution is -2.44. The molecule has 1 rings (SSSR count). The van der Waals surface area contributed by atoms with Crippen LogP contribution in [0.1, 0.15) is 25.8 Å². The van der Waals surface area contributed by atoms with E-state index >= 15 is 0 Å². The van der Waals surface area contributed by atoms with Gasteiger partial charge in [0, 0.05) is 29.8 Å². The van der Waals surface area contributed by atoms with Crippen LogP contribution in [0.3, 0.4) is 0 Å². The van der Waals surface area contributed by atoms with Crippen LogP contribution < -0.4 is 15.4 Å². The van der Waals surface area contributed by atoms with Crippen molar-refractivity contribution in [1.82, 2.24) is 10.6 Å². The lowest BCUT2D eigenvalue weighted by atomic mass is 10.0. The van der Waals surface area contributed by atoms with Crippen LogP contribution in [0.5, 0.6) is 5.75 Å². The van der Waals surface area contributed by atoms with E-state index in [1.54, 1.807) is 19.2 Å². The molecular weight excluding hydrogens is 292 g/mol. The molecule has 1 unspecified atom stereocenters. The Morgan fingerprint density at radius 1 is 1.43 bits per heavy atom. The molecule has 0 aromatic heterocycles. The number of aliphatic hydroxyl groups excluding tert-OH is 1. The standard InChI is InChI=1S/C15H23ClN2O3/c1-10(2)13(6-7-19)18-15(20)17-9-11-4-5-12(16)8-14(11)21-3/h4-5,8,10,13,19H,6-7,9H2,1-3H3,(H2,17,18,20). The van der Waals surface area contributed by atoms with Gasteiger partial charge in [0.2, 0.25) is 0 Å². The molecule has 0 heterocycles. The van der Waals surface area contributed by atoms with Gasteiger partial charge in [0.15, 0.2) is 0 Å². The molecule has 0 saturated heterocycles. The zero-order valence-electron chi connectivity index (χ0n) is 12.6. The number of carbonyl (C=O) groups is 1. The Labute approximate surface area is 130 Å². The molecule has 0 bridgehead atoms. The molecule has 0 fully saturated rings. The Morgan fingerprint density at radius 3 is 2.71 bits per heavy atom. The van der Waals surface area contributed by atoms with Gasteiger partial charge in [-0.1, -0.05) is 31.5 Å². The van der Waals surface area contributed by atoms with Gasteiger partial charge in [0.05, 0.1) is 7.11 Å². The van der Waals surface area contributed by atoms with Crippen molar-refractivity contribution in [2.75, 3.05) is 13.7 Å². The van der Waals surface area contributed by atoms with Gasteiger partial charge in [-0.25, -0.2) is 4.79 Å². The average molecular weight is 315 g/mol. The van der Waals surface area contributed by atoms with Crippen molar-refractivity contribution in [2.45, 2.75) is 32.9 Å². The summed E-state index contributed by atoms with van der Waals surface area (Å²) < 4.78 is 5.23. The zero-order chi connectivity index (χ0) is 15.8. The second kappa shape index (κ2) is 8.74. The molecule has 0 spiro atoms. The summed E-state index contributed by atoms with van der Waals surface area (Å²) in [4.78, 5) is 11.9. The number of nitrogens with one attached hydrogen (secondary N) is 2. The minimum atomic E-state index is -0.265. The molecule has 0 aliphatic heterocycles. The second-order valence-corrected chi connectivity index (χ2v) is 5.58. The van der Waals surface area contributed by atoms with Crippen LogP contribution in [0.4, 0.5) is 4.79 Å². The third-order valence-electron chi connectivity index (χ3n) is 3.25. The Morgan fingerprint density at radius 2 is 2.14 bits per heavy atom. The number of rotatable bonds is 7. The highest BCUT2D eigenvalue weighted by molar-refractivity contribution is 6.30. The molecule has 118 valence electrons. The molecule has 6 heteroatoms. The summed E-state index contributed by atoms with van der Waals surface area (Å²) in [5.41, 5.74) is 0.848. The molecule has 5 nitrogen and oxygen atoms in total. The first kappa shape index (κ1) is 17.6. The number of benzene rings is 1. The topological polar surface area (TPSA) is 70.6 Å². The van der Waals surface area contributed by atoms with E-state index in [9.17, 15) is 4.79 Å². The molecule has 2 amide bonds. The van der Waals surface area contributed by atoms with E-state index < -0.39 is 0 Å². The molecule has 0 aliphatic rings. The third-order valence-corrected chi connectivity index (χ3v) is 3.48. The predicted octanol–water partition coefficient (Wildman–Crippen LogP) is 2.55. The SMILES string of the molecule is COc1cc(Cl)ccc1CNC(=O)NC(CCO)C(C)C. The van der Waals surface area contributed by atoms with E-state index in [-0.39, 0.29) is 24.6 Å². The monoisotopic (exact) mass is 314 g/mol. The number of aliphatic hydroxyl groups is 1. The lowest BCUT2D eigenvalue weighted by Gasteiger charge is -2.21. The first-order chi connectivity index (χ1) is 9.97. The Bertz CT molecular complexity index is 466. The number of amides is 2. The second-order valence-electron chi connectivity index (χ2n) is 5.15. The van der Waals surface area contributed by atoms with Crippen LogP contribution in [0, 0.1) is 5.92 Å². The number of urea groups is 1. The summed E-state index contributed by atoms with van der Waals surface area (Å²) >= 11 is 5.89. The first-order valence-electron chi connectivity index (χ1n) is 6.95. The lowest BCUT2D eigenvalue weighted by molar-refractivity contribution is 0.218. The predicted molar refractivity (Wildman–Crippen MR) is 83.7 cm³/mol. The van der Waals surface area contributed by atoms with Gasteiger partial charge < -0.3 is 20.5 Å². The number of halogens is 1. The van der Waals surface area contributed by atoms with Gasteiger partial charge in [-0.15, -0.1) is 0 Å². The van der Waals surface area contributed by atoms with Crippen LogP contribution >= 0.6 is 11.6 Å². The van der Waals surface area contributed by atoms with E-state index in [2.05, 4.69) is 10.6 Å². The van der Waals surface area contributed by atoms with E-state index in [0.29, 0.717) is 23.7 Å². The summed E-state index contributed by atoms with van der Waals surface area (Å²) in [6.45, 7) is 4.40. The van der Waals surface area contributed by atoms with E-state index in [0.717, 1.165) is 5.56 Å². The summed E-state index contributed by atoms with van der Waals surface area (Å²) in [6, 6.07) is 4.96. The summed E-state index contributed by atoms with van der Waals surface area (Å²) in [5, 5.41) is 15.2. The van der Waals surface area contributed by atoms with Gasteiger partial charge in [-0.05, 0) is 24.5 Å². The van der Waals surface area contributed by atoms with Gasteiger partial charge in [0.1, 0.15) is 5.75 Å². The zero-order valence-corrected chi connectivity index (χ0v) is 13.4. The van der Waals surface area contributed by atoms with E-state index in [1.807, 2.05) is 19.9 Å². The smallest absolute Gasteiger partial charge is 0.315 e. The molecule has 0 radical (unpaired) electrons. The molecule has 21 heavy (non-hydrogen) atoms. The molecule has 1 aromatic carbocycles. The van der Waals surface area contributed by atoms with Crippen LogP contribution in [0.2, 0.25) is 5.02 Å². The highest BCUT2D eigenvalue weighted by atomic mass is 35.5. The first-order valence-corrected chi connectivity index (χ1v) is 7.33. The minimum Gasteiger partial charge on any atom is -0.496 e. The van der Waals surface area contributed by atoms with Crippen molar-refractivity contribution in [3.8, 4) is 5.75 Å². The van der Waals surface area contributed by atoms with Crippen molar-refractivity contribution < 1.29 is 14.6 Å². The molecule has 0 aliphatic carbocycles. The molecule has 0 saturated carbocycles. The van der Waals surface area contributed by atoms with Crippen LogP contribution in [0.25, 0.3) is 0 Å². The van der Waals surface area contributed by atoms with Crippen LogP contribution in [-0.4, -0.2) is 30.9 Å². The quantitative estimate of drug-likeness (QED) is 0.724. The van der Waals surface area contributed by atoms with Crippen LogP contribution in [-0.2, 0) is 6.54 Å². The fraction of sp³-hybridized carbons (Fsp3) is 0.533. The summed E-state index contributed by atoms with van der Waals surface area (Å²) in [6.07, 6.45) is 0.537. The largest absolute Gasteiger partial charge is 0.496 e. The Kier molecular flexibility index (Phi) is 7.32. The van der Waals surface area contributed by atoms with Crippen molar-refractivity contribution >= 4 is 17.6 Å². The average Bonchev–Trinajstić information content (AvgIpc) is 2.45. The number of ether oxygens (including phenoxy) is 1. The van der Waals surface area contributed by atoms with Crippen LogP contribution in [0.15, 0.2) is 18.2 Å². The van der Waals surface area contributed by atoms with E-state index in [1.165, 1.54) is 0 Å². The molecular formula is C15H23ClN2O3. The van der Waals surface area contributed by atoms with Crippen molar-refractivity contribution in [3.63, 3.8) is 0 Å². The van der Waals surface area contributed by atoms with Gasteiger partial charge in [-0.2, -0.15) is 0 Å². The number of methoxy groups -OCH3 is 1. The van der Waals surface area contributed by atoms with E-state index in [4.69, 9.17) is 21.4 Å². The Balaban J connectivity index is 2.56. The van der Waals surface area contributed by atoms with Gasteiger partial charge >= 0.3 is 6.03 Å². The highest BCUT2D eigenvalue weighted by Crippen LogP contribution is 2.22. The minimum absolute atomic E-state index is 0.0497. The summed E-state index contributed by atoms with van der Waals surface area (Å²) in [5.74, 6) is 0.895. The Hall–Kier alpha value is -1.46. The normalized spacial score (nSPS) is 12.1. The fourth-order valence-electron chi connectivity index (χ4n) is 1.97. The van der Waals surface area contributed by atoms with Crippen molar-refractivity contribution in [3.05, 3.63) is 28.8 Å². The maximum absolute atomic E-state index is 11.9. The highest BCUT2D eigenvalue weighted by Gasteiger charge is 2.15. The number of hydrogen-bond donors (Lipinski definition) is 3. The molecule has 1 atom stereocenters. The van der Waals surface area contributed by atoms with Crippen molar-refractivity contribution in [2.24, 2.45) is 5.92 Å². The van der Waals surface area contributed by atoms with Gasteiger partial charge in [-0.3, -0.25) is 0 Å². The number of hydrogen-bond acceptors (Lipinski definition) is 3. The van der Waals surface area contributed by atoms with Crippen molar-refractivity contribution in [1.29, 1.82) is 0 Å². The van der Waals surface area contributed by atoms with Gasteiger partial charge in [0.25, 0.3) is 0 Å².